The van der Waals surface area contributed by atoms with Gasteiger partial charge in [-0.05, 0) is 39.3 Å². The summed E-state index contributed by atoms with van der Waals surface area (Å²) < 4.78 is 11.8. The van der Waals surface area contributed by atoms with Crippen LogP contribution in [0.3, 0.4) is 0 Å². The van der Waals surface area contributed by atoms with Crippen LogP contribution in [0.2, 0.25) is 51.4 Å². The van der Waals surface area contributed by atoms with Gasteiger partial charge in [0, 0.05) is 15.1 Å². The van der Waals surface area contributed by atoms with Gasteiger partial charge in [-0.15, -0.1) is 0 Å². The fraction of sp³-hybridized carbons (Fsp3) is 1.00. The summed E-state index contributed by atoms with van der Waals surface area (Å²) in [5.74, 6) is -3.91. The zero-order chi connectivity index (χ0) is 17.1. The van der Waals surface area contributed by atoms with Gasteiger partial charge in [0.2, 0.25) is 11.6 Å². The Morgan fingerprint density at radius 2 is 1.43 bits per heavy atom. The third kappa shape index (κ3) is 5.87. The Bertz CT molecular complexity index is 325. The molecule has 0 aromatic heterocycles. The SMILES string of the molecule is CCC([SiH2]C)C(O)(O[Si](C)(C)C)C(O)(CO)O[Si](C)(C)C. The molecule has 0 saturated carbocycles. The lowest BCUT2D eigenvalue weighted by Crippen LogP contribution is -2.67. The minimum atomic E-state index is -2.19. The molecule has 0 aliphatic rings. The van der Waals surface area contributed by atoms with Crippen LogP contribution in [0.25, 0.3) is 0 Å². The Balaban J connectivity index is 5.83. The van der Waals surface area contributed by atoms with Gasteiger partial charge in [-0.25, -0.2) is 0 Å². The van der Waals surface area contributed by atoms with Crippen molar-refractivity contribution in [2.75, 3.05) is 6.61 Å². The van der Waals surface area contributed by atoms with Gasteiger partial charge in [0.05, 0.1) is 0 Å². The molecule has 0 radical (unpaired) electrons. The van der Waals surface area contributed by atoms with Gasteiger partial charge in [-0.1, -0.05) is 19.9 Å². The van der Waals surface area contributed by atoms with Crippen molar-refractivity contribution in [3.05, 3.63) is 0 Å². The molecule has 0 aliphatic carbocycles. The summed E-state index contributed by atoms with van der Waals surface area (Å²) in [5.41, 5.74) is -0.183. The molecule has 128 valence electrons. The Hall–Kier alpha value is 0.451. The molecule has 21 heavy (non-hydrogen) atoms. The highest BCUT2D eigenvalue weighted by molar-refractivity contribution is 6.70. The van der Waals surface area contributed by atoms with Gasteiger partial charge < -0.3 is 24.2 Å². The monoisotopic (exact) mass is 354 g/mol. The summed E-state index contributed by atoms with van der Waals surface area (Å²) in [5, 5.41) is 31.9. The Morgan fingerprint density at radius 3 is 1.67 bits per heavy atom. The minimum Gasteiger partial charge on any atom is -0.391 e. The molecule has 0 rings (SSSR count). The summed E-state index contributed by atoms with van der Waals surface area (Å²) in [4.78, 5) is 0. The third-order valence-electron chi connectivity index (χ3n) is 3.25. The van der Waals surface area contributed by atoms with Crippen molar-refractivity contribution in [3.63, 3.8) is 0 Å². The van der Waals surface area contributed by atoms with Crippen molar-refractivity contribution in [1.82, 2.24) is 0 Å². The maximum atomic E-state index is 11.2. The van der Waals surface area contributed by atoms with E-state index in [1.54, 1.807) is 0 Å². The second-order valence-corrected chi connectivity index (χ2v) is 18.2. The van der Waals surface area contributed by atoms with Gasteiger partial charge in [0.1, 0.15) is 6.61 Å². The summed E-state index contributed by atoms with van der Waals surface area (Å²) >= 11 is 0. The molecule has 3 atom stereocenters. The molecule has 3 unspecified atom stereocenters. The Morgan fingerprint density at radius 1 is 1.00 bits per heavy atom. The van der Waals surface area contributed by atoms with Gasteiger partial charge in [-0.3, -0.25) is 0 Å². The van der Waals surface area contributed by atoms with E-state index >= 15 is 0 Å². The Labute approximate surface area is 133 Å². The molecule has 0 bridgehead atoms. The quantitative estimate of drug-likeness (QED) is 0.432. The fourth-order valence-electron chi connectivity index (χ4n) is 2.52. The van der Waals surface area contributed by atoms with E-state index in [1.807, 2.05) is 46.2 Å². The molecule has 0 aromatic carbocycles. The molecule has 0 fully saturated rings. The smallest absolute Gasteiger partial charge is 0.234 e. The molecule has 5 nitrogen and oxygen atoms in total. The molecule has 0 saturated heterocycles. The lowest BCUT2D eigenvalue weighted by Gasteiger charge is -2.50. The van der Waals surface area contributed by atoms with E-state index in [-0.39, 0.29) is 5.54 Å². The molecule has 0 spiro atoms. The van der Waals surface area contributed by atoms with Crippen LogP contribution in [-0.4, -0.2) is 59.7 Å². The van der Waals surface area contributed by atoms with E-state index in [1.165, 1.54) is 0 Å². The van der Waals surface area contributed by atoms with E-state index in [0.717, 1.165) is 0 Å². The van der Waals surface area contributed by atoms with E-state index in [2.05, 4.69) is 6.55 Å². The third-order valence-corrected chi connectivity index (χ3v) is 7.24. The molecule has 0 aliphatic heterocycles. The second-order valence-electron chi connectivity index (χ2n) is 7.58. The number of hydrogen-bond donors (Lipinski definition) is 3. The standard InChI is InChI=1S/C13H34O5Si3/c1-9-11(19-2)13(16,18-21(6,7)8)12(15,10-14)17-20(3,4)5/h11,14-16H,9-10,19H2,1-8H3. The summed E-state index contributed by atoms with van der Waals surface area (Å²) in [6.07, 6.45) is 0.682. The van der Waals surface area contributed by atoms with Crippen LogP contribution in [0, 0.1) is 0 Å². The summed E-state index contributed by atoms with van der Waals surface area (Å²) in [6, 6.07) is 0. The van der Waals surface area contributed by atoms with Gasteiger partial charge in [0.15, 0.2) is 16.6 Å². The average molecular weight is 355 g/mol. The van der Waals surface area contributed by atoms with Crippen molar-refractivity contribution in [2.24, 2.45) is 0 Å². The highest BCUT2D eigenvalue weighted by atomic mass is 28.4. The predicted octanol–water partition coefficient (Wildman–Crippen LogP) is 1.47. The molecule has 8 heteroatoms. The van der Waals surface area contributed by atoms with Crippen LogP contribution in [0.1, 0.15) is 13.3 Å². The normalized spacial score (nSPS) is 21.3. The highest BCUT2D eigenvalue weighted by Gasteiger charge is 2.58. The first kappa shape index (κ1) is 21.5. The second kappa shape index (κ2) is 7.35. The summed E-state index contributed by atoms with van der Waals surface area (Å²) in [6.45, 7) is 14.9. The van der Waals surface area contributed by atoms with Crippen molar-refractivity contribution >= 4 is 26.2 Å². The first-order valence-electron chi connectivity index (χ1n) is 7.70. The van der Waals surface area contributed by atoms with Crippen LogP contribution in [0.15, 0.2) is 0 Å². The predicted molar refractivity (Wildman–Crippen MR) is 94.3 cm³/mol. The van der Waals surface area contributed by atoms with E-state index in [9.17, 15) is 15.3 Å². The first-order chi connectivity index (χ1) is 9.24. The van der Waals surface area contributed by atoms with Gasteiger partial charge in [-0.2, -0.15) is 0 Å². The zero-order valence-electron chi connectivity index (χ0n) is 14.9. The van der Waals surface area contributed by atoms with Gasteiger partial charge >= 0.3 is 0 Å². The maximum absolute atomic E-state index is 11.2. The molecular formula is C13H34O5Si3. The number of aliphatic hydroxyl groups is 3. The lowest BCUT2D eigenvalue weighted by molar-refractivity contribution is -0.350. The largest absolute Gasteiger partial charge is 0.391 e. The molecule has 0 heterocycles. The van der Waals surface area contributed by atoms with E-state index in [0.29, 0.717) is 6.42 Å². The number of hydrogen-bond acceptors (Lipinski definition) is 5. The van der Waals surface area contributed by atoms with Crippen LogP contribution >= 0.6 is 0 Å². The molecule has 0 aromatic rings. The van der Waals surface area contributed by atoms with Crippen molar-refractivity contribution in [3.8, 4) is 0 Å². The topological polar surface area (TPSA) is 79.2 Å². The van der Waals surface area contributed by atoms with Crippen LogP contribution in [0.5, 0.6) is 0 Å². The van der Waals surface area contributed by atoms with E-state index in [4.69, 9.17) is 8.85 Å². The minimum absolute atomic E-state index is 0.183. The summed E-state index contributed by atoms with van der Waals surface area (Å²) in [7, 11) is -5.02. The van der Waals surface area contributed by atoms with Crippen LogP contribution in [-0.2, 0) is 8.85 Å². The first-order valence-corrected chi connectivity index (χ1v) is 16.8. The lowest BCUT2D eigenvalue weighted by atomic mass is 10.0. The van der Waals surface area contributed by atoms with Crippen LogP contribution in [0.4, 0.5) is 0 Å². The van der Waals surface area contributed by atoms with E-state index < -0.39 is 44.3 Å². The highest BCUT2D eigenvalue weighted by Crippen LogP contribution is 2.41. The van der Waals surface area contributed by atoms with Gasteiger partial charge in [0.25, 0.3) is 0 Å². The molecule has 0 amide bonds. The van der Waals surface area contributed by atoms with Crippen LogP contribution < -0.4 is 0 Å². The zero-order valence-corrected chi connectivity index (χ0v) is 18.3. The molecular weight excluding hydrogens is 320 g/mol. The van der Waals surface area contributed by atoms with Crippen molar-refractivity contribution in [1.29, 1.82) is 0 Å². The number of rotatable bonds is 9. The molecule has 3 N–H and O–H groups in total. The fourth-order valence-corrected chi connectivity index (χ4v) is 6.70. The average Bonchev–Trinajstić information content (AvgIpc) is 2.25. The Kier molecular flexibility index (Phi) is 7.50. The van der Waals surface area contributed by atoms with Crippen molar-refractivity contribution in [2.45, 2.75) is 76.3 Å². The maximum Gasteiger partial charge on any atom is 0.234 e. The van der Waals surface area contributed by atoms with Crippen molar-refractivity contribution < 1.29 is 24.2 Å². The number of aliphatic hydroxyl groups excluding tert-OH is 1.